The van der Waals surface area contributed by atoms with E-state index in [4.69, 9.17) is 0 Å². The molecule has 1 unspecified atom stereocenters. The summed E-state index contributed by atoms with van der Waals surface area (Å²) in [5.41, 5.74) is 0.272. The van der Waals surface area contributed by atoms with Gasteiger partial charge in [-0.25, -0.2) is 0 Å². The summed E-state index contributed by atoms with van der Waals surface area (Å²) in [6.07, 6.45) is 0.541. The van der Waals surface area contributed by atoms with Crippen molar-refractivity contribution in [1.29, 1.82) is 0 Å². The predicted molar refractivity (Wildman–Crippen MR) is 69.0 cm³/mol. The maximum atomic E-state index is 12.3. The zero-order valence-corrected chi connectivity index (χ0v) is 11.0. The number of carbonyl (C=O) groups is 2. The van der Waals surface area contributed by atoms with Gasteiger partial charge in [-0.2, -0.15) is 0 Å². The molecule has 1 fully saturated rings. The van der Waals surface area contributed by atoms with Crippen LogP contribution in [0.5, 0.6) is 0 Å². The molecule has 1 aromatic carbocycles. The number of carbonyl (C=O) groups excluding carboxylic acids is 2. The first kappa shape index (κ1) is 12.6. The first-order chi connectivity index (χ1) is 8.45. The van der Waals surface area contributed by atoms with E-state index in [2.05, 4.69) is 0 Å². The van der Waals surface area contributed by atoms with Crippen LogP contribution in [0, 0.1) is 0 Å². The molecule has 18 heavy (non-hydrogen) atoms. The monoisotopic (exact) mass is 246 g/mol. The van der Waals surface area contributed by atoms with Crippen LogP contribution in [0.15, 0.2) is 30.3 Å². The highest BCUT2D eigenvalue weighted by Crippen LogP contribution is 2.25. The lowest BCUT2D eigenvalue weighted by molar-refractivity contribution is -0.160. The van der Waals surface area contributed by atoms with Crippen LogP contribution in [-0.4, -0.2) is 47.8 Å². The minimum Gasteiger partial charge on any atom is -0.334 e. The topological polar surface area (TPSA) is 40.6 Å². The minimum atomic E-state index is -0.786. The van der Waals surface area contributed by atoms with Gasteiger partial charge in [-0.3, -0.25) is 9.59 Å². The lowest BCUT2D eigenvalue weighted by Gasteiger charge is -2.44. The van der Waals surface area contributed by atoms with E-state index >= 15 is 0 Å². The number of amides is 2. The highest BCUT2D eigenvalue weighted by atomic mass is 16.2. The van der Waals surface area contributed by atoms with Crippen molar-refractivity contribution in [3.05, 3.63) is 35.9 Å². The molecule has 0 aromatic heterocycles. The number of benzene rings is 1. The average Bonchev–Trinajstić information content (AvgIpc) is 2.36. The van der Waals surface area contributed by atoms with Crippen LogP contribution in [0.25, 0.3) is 0 Å². The summed E-state index contributed by atoms with van der Waals surface area (Å²) in [7, 11) is 3.38. The number of hydrogen-bond donors (Lipinski definition) is 0. The summed E-state index contributed by atoms with van der Waals surface area (Å²) < 4.78 is 0. The number of hydrogen-bond acceptors (Lipinski definition) is 2. The van der Waals surface area contributed by atoms with E-state index in [1.807, 2.05) is 37.3 Å². The van der Waals surface area contributed by atoms with E-state index in [9.17, 15) is 9.59 Å². The van der Waals surface area contributed by atoms with Gasteiger partial charge in [0, 0.05) is 20.5 Å². The van der Waals surface area contributed by atoms with Crippen molar-refractivity contribution in [1.82, 2.24) is 9.80 Å². The van der Waals surface area contributed by atoms with Crippen LogP contribution >= 0.6 is 0 Å². The molecule has 96 valence electrons. The highest BCUT2D eigenvalue weighted by Gasteiger charge is 2.45. The molecule has 0 bridgehead atoms. The van der Waals surface area contributed by atoms with Gasteiger partial charge in [0.2, 0.25) is 11.8 Å². The molecule has 1 atom stereocenters. The second kappa shape index (κ2) is 4.44. The van der Waals surface area contributed by atoms with Gasteiger partial charge in [-0.05, 0) is 12.5 Å². The second-order valence-electron chi connectivity index (χ2n) is 5.05. The summed E-state index contributed by atoms with van der Waals surface area (Å²) >= 11 is 0. The molecule has 1 aromatic rings. The van der Waals surface area contributed by atoms with E-state index < -0.39 is 5.54 Å². The molecule has 0 saturated carbocycles. The Morgan fingerprint density at radius 1 is 1.17 bits per heavy atom. The fourth-order valence-corrected chi connectivity index (χ4v) is 2.40. The normalized spacial score (nSPS) is 24.6. The largest absolute Gasteiger partial charge is 0.334 e. The van der Waals surface area contributed by atoms with Gasteiger partial charge in [-0.1, -0.05) is 30.3 Å². The Balaban J connectivity index is 2.32. The van der Waals surface area contributed by atoms with Crippen LogP contribution < -0.4 is 0 Å². The number of rotatable bonds is 2. The Labute approximate surface area is 107 Å². The van der Waals surface area contributed by atoms with Crippen LogP contribution in [0.1, 0.15) is 12.5 Å². The summed E-state index contributed by atoms with van der Waals surface area (Å²) in [4.78, 5) is 27.3. The third-order valence-electron chi connectivity index (χ3n) is 3.69. The second-order valence-corrected chi connectivity index (χ2v) is 5.05. The Kier molecular flexibility index (Phi) is 3.11. The van der Waals surface area contributed by atoms with Crippen LogP contribution in [0.4, 0.5) is 0 Å². The number of likely N-dealkylation sites (N-methyl/N-ethyl adjacent to an activating group) is 2. The molecule has 1 aliphatic heterocycles. The molecule has 0 radical (unpaired) electrons. The van der Waals surface area contributed by atoms with Gasteiger partial charge in [-0.15, -0.1) is 0 Å². The first-order valence-electron chi connectivity index (χ1n) is 6.01. The van der Waals surface area contributed by atoms with Crippen molar-refractivity contribution >= 4 is 11.8 Å². The Morgan fingerprint density at radius 2 is 1.78 bits per heavy atom. The van der Waals surface area contributed by atoms with Crippen LogP contribution in [0.3, 0.4) is 0 Å². The van der Waals surface area contributed by atoms with Crippen LogP contribution in [0.2, 0.25) is 0 Å². The molecule has 2 rings (SSSR count). The molecule has 0 aliphatic carbocycles. The molecule has 4 heteroatoms. The minimum absolute atomic E-state index is 0.00606. The molecular weight excluding hydrogens is 228 g/mol. The lowest BCUT2D eigenvalue weighted by atomic mass is 9.88. The number of nitrogens with zero attached hydrogens (tertiary/aromatic N) is 2. The number of piperazine rings is 1. The quantitative estimate of drug-likeness (QED) is 0.778. The van der Waals surface area contributed by atoms with Gasteiger partial charge in [0.15, 0.2) is 0 Å². The zero-order chi connectivity index (χ0) is 13.3. The van der Waals surface area contributed by atoms with Gasteiger partial charge in [0.05, 0.1) is 6.54 Å². The fourth-order valence-electron chi connectivity index (χ4n) is 2.40. The van der Waals surface area contributed by atoms with Crippen LogP contribution in [-0.2, 0) is 16.0 Å². The third kappa shape index (κ3) is 1.98. The summed E-state index contributed by atoms with van der Waals surface area (Å²) in [6, 6.07) is 9.78. The summed E-state index contributed by atoms with van der Waals surface area (Å²) in [5.74, 6) is -0.0241. The van der Waals surface area contributed by atoms with Crippen molar-refractivity contribution in [3.8, 4) is 0 Å². The maximum absolute atomic E-state index is 12.3. The van der Waals surface area contributed by atoms with E-state index in [0.717, 1.165) is 5.56 Å². The Hall–Kier alpha value is -1.84. The van der Waals surface area contributed by atoms with Crippen molar-refractivity contribution < 1.29 is 9.59 Å². The third-order valence-corrected chi connectivity index (χ3v) is 3.69. The summed E-state index contributed by atoms with van der Waals surface area (Å²) in [6.45, 7) is 2.00. The molecule has 0 spiro atoms. The summed E-state index contributed by atoms with van der Waals surface area (Å²) in [5, 5.41) is 0. The molecule has 4 nitrogen and oxygen atoms in total. The van der Waals surface area contributed by atoms with E-state index in [-0.39, 0.29) is 18.4 Å². The lowest BCUT2D eigenvalue weighted by Crippen LogP contribution is -2.65. The van der Waals surface area contributed by atoms with Gasteiger partial charge >= 0.3 is 0 Å². The first-order valence-corrected chi connectivity index (χ1v) is 6.01. The van der Waals surface area contributed by atoms with Gasteiger partial charge < -0.3 is 9.80 Å². The smallest absolute Gasteiger partial charge is 0.248 e. The fraction of sp³-hybridized carbons (Fsp3) is 0.429. The van der Waals surface area contributed by atoms with E-state index in [1.54, 1.807) is 19.0 Å². The maximum Gasteiger partial charge on any atom is 0.248 e. The average molecular weight is 246 g/mol. The SMILES string of the molecule is CN1CC(=O)N(C)C(C)(Cc2ccccc2)C1=O. The Morgan fingerprint density at radius 3 is 2.39 bits per heavy atom. The van der Waals surface area contributed by atoms with Crippen molar-refractivity contribution in [2.24, 2.45) is 0 Å². The molecule has 1 saturated heterocycles. The standard InChI is InChI=1S/C14H18N2O2/c1-14(9-11-7-5-4-6-8-11)13(18)15(2)10-12(17)16(14)3/h4-8H,9-10H2,1-3H3. The van der Waals surface area contributed by atoms with Gasteiger partial charge in [0.25, 0.3) is 0 Å². The van der Waals surface area contributed by atoms with Crippen molar-refractivity contribution in [2.75, 3.05) is 20.6 Å². The molecule has 2 amide bonds. The molecule has 0 N–H and O–H groups in total. The van der Waals surface area contributed by atoms with E-state index in [1.165, 1.54) is 4.90 Å². The van der Waals surface area contributed by atoms with Crippen molar-refractivity contribution in [2.45, 2.75) is 18.9 Å². The highest BCUT2D eigenvalue weighted by molar-refractivity contribution is 5.97. The molecular formula is C14H18N2O2. The zero-order valence-electron chi connectivity index (χ0n) is 11.0. The van der Waals surface area contributed by atoms with Crippen molar-refractivity contribution in [3.63, 3.8) is 0 Å². The van der Waals surface area contributed by atoms with Gasteiger partial charge in [0.1, 0.15) is 5.54 Å². The van der Waals surface area contributed by atoms with E-state index in [0.29, 0.717) is 6.42 Å². The Bertz CT molecular complexity index is 472. The molecule has 1 heterocycles. The predicted octanol–water partition coefficient (Wildman–Crippen LogP) is 0.918. The molecule has 1 aliphatic rings.